The fraction of sp³-hybridized carbons (Fsp3) is 0.120. The molecule has 36 heavy (non-hydrogen) atoms. The molecule has 0 radical (unpaired) electrons. The Bertz CT molecular complexity index is 1490. The molecule has 1 amide bonds. The van der Waals surface area contributed by atoms with Gasteiger partial charge in [0.2, 0.25) is 0 Å². The van der Waals surface area contributed by atoms with Gasteiger partial charge in [-0.2, -0.15) is 8.42 Å². The number of hydrogen-bond donors (Lipinski definition) is 1. The van der Waals surface area contributed by atoms with Gasteiger partial charge in [0, 0.05) is 3.57 Å². The number of hydrogen-bond acceptors (Lipinski definition) is 7. The zero-order valence-corrected chi connectivity index (χ0v) is 24.5. The van der Waals surface area contributed by atoms with E-state index in [1.165, 1.54) is 23.9 Å². The van der Waals surface area contributed by atoms with E-state index in [2.05, 4.69) is 48.8 Å². The van der Waals surface area contributed by atoms with Gasteiger partial charge >= 0.3 is 10.1 Å². The molecule has 0 aliphatic carbocycles. The maximum absolute atomic E-state index is 12.9. The number of carbonyl (C=O) groups excluding carboxylic acids is 1. The number of benzene rings is 3. The van der Waals surface area contributed by atoms with Crippen LogP contribution >= 0.6 is 50.3 Å². The normalized spacial score (nSPS) is 15.8. The monoisotopic (exact) mass is 698 g/mol. The minimum atomic E-state index is -4.09. The summed E-state index contributed by atoms with van der Waals surface area (Å²) in [7, 11) is -4.09. The summed E-state index contributed by atoms with van der Waals surface area (Å²) in [6, 6.07) is 17.3. The van der Waals surface area contributed by atoms with Gasteiger partial charge in [-0.05, 0) is 118 Å². The Hall–Kier alpha value is -2.35. The van der Waals surface area contributed by atoms with Gasteiger partial charge in [0.1, 0.15) is 4.90 Å². The van der Waals surface area contributed by atoms with E-state index in [4.69, 9.17) is 8.92 Å². The van der Waals surface area contributed by atoms with Gasteiger partial charge in [0.05, 0.1) is 21.7 Å². The van der Waals surface area contributed by atoms with Gasteiger partial charge < -0.3 is 14.2 Å². The molecular formula is C25H20BrIN2O5S2. The Morgan fingerprint density at radius 3 is 2.58 bits per heavy atom. The summed E-state index contributed by atoms with van der Waals surface area (Å²) in [5, 5.41) is 3.24. The van der Waals surface area contributed by atoms with E-state index >= 15 is 0 Å². The highest BCUT2D eigenvalue weighted by Gasteiger charge is 2.25. The Kier molecular flexibility index (Phi) is 8.43. The van der Waals surface area contributed by atoms with Crippen LogP contribution in [-0.4, -0.2) is 26.1 Å². The first kappa shape index (κ1) is 26.7. The highest BCUT2D eigenvalue weighted by molar-refractivity contribution is 14.1. The molecule has 0 atom stereocenters. The van der Waals surface area contributed by atoms with Crippen LogP contribution in [0.5, 0.6) is 11.5 Å². The van der Waals surface area contributed by atoms with Crippen LogP contribution in [0.1, 0.15) is 18.1 Å². The van der Waals surface area contributed by atoms with Crippen molar-refractivity contribution in [1.29, 1.82) is 0 Å². The third kappa shape index (κ3) is 6.50. The molecule has 0 saturated carbocycles. The lowest BCUT2D eigenvalue weighted by Gasteiger charge is -2.14. The summed E-state index contributed by atoms with van der Waals surface area (Å²) in [5.41, 5.74) is 2.30. The first-order valence-corrected chi connectivity index (χ1v) is 14.8. The van der Waals surface area contributed by atoms with Crippen LogP contribution in [0.3, 0.4) is 0 Å². The minimum absolute atomic E-state index is 0.0315. The van der Waals surface area contributed by atoms with E-state index in [1.54, 1.807) is 37.3 Å². The maximum Gasteiger partial charge on any atom is 0.339 e. The molecule has 0 spiro atoms. The van der Waals surface area contributed by atoms with Crippen LogP contribution in [0.2, 0.25) is 0 Å². The number of amides is 1. The number of thioether (sulfide) groups is 1. The van der Waals surface area contributed by atoms with Crippen molar-refractivity contribution < 1.29 is 22.1 Å². The summed E-state index contributed by atoms with van der Waals surface area (Å²) in [6.07, 6.45) is 1.68. The second-order valence-corrected chi connectivity index (χ2v) is 12.3. The molecule has 4 rings (SSSR count). The zero-order valence-electron chi connectivity index (χ0n) is 19.1. The fourth-order valence-electron chi connectivity index (χ4n) is 3.17. The maximum atomic E-state index is 12.9. The minimum Gasteiger partial charge on any atom is -0.490 e. The molecule has 0 unspecified atom stereocenters. The molecule has 1 fully saturated rings. The molecule has 1 aliphatic rings. The Balaban J connectivity index is 1.63. The quantitative estimate of drug-likeness (QED) is 0.174. The lowest BCUT2D eigenvalue weighted by atomic mass is 10.2. The summed E-state index contributed by atoms with van der Waals surface area (Å²) >= 11 is 6.82. The SMILES string of the molecule is CCOc1cc(/C=C2/SC(=Nc3cccc(I)c3)NC2=O)cc(Br)c1OS(=O)(=O)c1ccc(C)cc1. The largest absolute Gasteiger partial charge is 0.490 e. The number of aryl methyl sites for hydroxylation is 1. The Labute approximate surface area is 235 Å². The standard InChI is InChI=1S/C25H20BrIN2O5S2/c1-3-33-21-12-16(11-20(26)23(21)34-36(31,32)19-9-7-15(2)8-10-19)13-22-24(30)29-25(35-22)28-18-6-4-5-17(27)14-18/h4-14H,3H2,1-2H3,(H,28,29,30)/b22-13+. The number of nitrogens with zero attached hydrogens (tertiary/aromatic N) is 1. The van der Waals surface area contributed by atoms with Crippen molar-refractivity contribution in [2.24, 2.45) is 4.99 Å². The van der Waals surface area contributed by atoms with Crippen LogP contribution in [0, 0.1) is 10.5 Å². The van der Waals surface area contributed by atoms with Gasteiger partial charge in [-0.25, -0.2) is 4.99 Å². The molecule has 1 aliphatic heterocycles. The van der Waals surface area contributed by atoms with Crippen molar-refractivity contribution in [3.63, 3.8) is 0 Å². The van der Waals surface area contributed by atoms with Gasteiger partial charge in [-0.15, -0.1) is 0 Å². The van der Waals surface area contributed by atoms with Gasteiger partial charge in [0.25, 0.3) is 5.91 Å². The zero-order chi connectivity index (χ0) is 25.9. The smallest absolute Gasteiger partial charge is 0.339 e. The highest BCUT2D eigenvalue weighted by Crippen LogP contribution is 2.40. The first-order valence-electron chi connectivity index (χ1n) is 10.7. The lowest BCUT2D eigenvalue weighted by molar-refractivity contribution is -0.115. The summed E-state index contributed by atoms with van der Waals surface area (Å²) in [6.45, 7) is 3.94. The predicted molar refractivity (Wildman–Crippen MR) is 154 cm³/mol. The van der Waals surface area contributed by atoms with Gasteiger partial charge in [-0.1, -0.05) is 23.8 Å². The Morgan fingerprint density at radius 1 is 1.14 bits per heavy atom. The molecule has 1 heterocycles. The molecule has 11 heteroatoms. The number of halogens is 2. The van der Waals surface area contributed by atoms with E-state index < -0.39 is 10.1 Å². The number of nitrogens with one attached hydrogen (secondary N) is 1. The van der Waals surface area contributed by atoms with Crippen LogP contribution in [0.15, 0.2) is 79.9 Å². The molecule has 7 nitrogen and oxygen atoms in total. The Morgan fingerprint density at radius 2 is 1.89 bits per heavy atom. The molecule has 0 aromatic heterocycles. The molecule has 3 aromatic carbocycles. The third-order valence-electron chi connectivity index (χ3n) is 4.82. The highest BCUT2D eigenvalue weighted by atomic mass is 127. The molecule has 3 aromatic rings. The van der Waals surface area contributed by atoms with E-state index in [0.29, 0.717) is 20.1 Å². The van der Waals surface area contributed by atoms with Gasteiger partial charge in [-0.3, -0.25) is 4.79 Å². The molecular weight excluding hydrogens is 679 g/mol. The van der Waals surface area contributed by atoms with Crippen LogP contribution in [0.4, 0.5) is 5.69 Å². The van der Waals surface area contributed by atoms with Crippen molar-refractivity contribution in [2.45, 2.75) is 18.7 Å². The topological polar surface area (TPSA) is 94.1 Å². The predicted octanol–water partition coefficient (Wildman–Crippen LogP) is 6.42. The third-order valence-corrected chi connectivity index (χ3v) is 8.23. The van der Waals surface area contributed by atoms with Crippen molar-refractivity contribution in [2.75, 3.05) is 6.61 Å². The molecule has 186 valence electrons. The average Bonchev–Trinajstić information content (AvgIpc) is 3.15. The van der Waals surface area contributed by atoms with Crippen molar-refractivity contribution in [3.8, 4) is 11.5 Å². The number of carbonyl (C=O) groups is 1. The van der Waals surface area contributed by atoms with E-state index in [0.717, 1.165) is 14.8 Å². The lowest BCUT2D eigenvalue weighted by Crippen LogP contribution is -2.19. The van der Waals surface area contributed by atoms with Crippen molar-refractivity contribution in [3.05, 3.63) is 84.7 Å². The van der Waals surface area contributed by atoms with E-state index in [-0.39, 0.29) is 28.9 Å². The second kappa shape index (κ2) is 11.4. The summed E-state index contributed by atoms with van der Waals surface area (Å²) in [4.78, 5) is 17.5. The van der Waals surface area contributed by atoms with Crippen molar-refractivity contribution in [1.82, 2.24) is 5.32 Å². The average molecular weight is 699 g/mol. The van der Waals surface area contributed by atoms with Crippen LogP contribution in [0.25, 0.3) is 6.08 Å². The van der Waals surface area contributed by atoms with E-state index in [1.807, 2.05) is 31.2 Å². The van der Waals surface area contributed by atoms with Gasteiger partial charge in [0.15, 0.2) is 16.7 Å². The fourth-order valence-corrected chi connectivity index (χ4v) is 6.15. The number of ether oxygens (including phenoxy) is 1. The number of amidine groups is 1. The van der Waals surface area contributed by atoms with Crippen LogP contribution in [-0.2, 0) is 14.9 Å². The molecule has 1 saturated heterocycles. The van der Waals surface area contributed by atoms with Crippen LogP contribution < -0.4 is 14.2 Å². The number of rotatable bonds is 7. The van der Waals surface area contributed by atoms with Crippen molar-refractivity contribution >= 4 is 83.2 Å². The number of aliphatic imine (C=N–C) groups is 1. The van der Waals surface area contributed by atoms with E-state index in [9.17, 15) is 13.2 Å². The summed E-state index contributed by atoms with van der Waals surface area (Å²) < 4.78 is 38.3. The molecule has 1 N–H and O–H groups in total. The molecule has 0 bridgehead atoms. The second-order valence-electron chi connectivity index (χ2n) is 7.58. The summed E-state index contributed by atoms with van der Waals surface area (Å²) in [5.74, 6) is -0.0182. The first-order chi connectivity index (χ1) is 17.1.